The van der Waals surface area contributed by atoms with Crippen LogP contribution in [-0.4, -0.2) is 66.1 Å². The van der Waals surface area contributed by atoms with Crippen LogP contribution < -0.4 is 0 Å². The molecule has 4 aromatic carbocycles. The molecule has 45 heavy (non-hydrogen) atoms. The summed E-state index contributed by atoms with van der Waals surface area (Å²) in [5.41, 5.74) is 3.61. The van der Waals surface area contributed by atoms with E-state index in [4.69, 9.17) is 9.72 Å². The lowest BCUT2D eigenvalue weighted by atomic mass is 9.70. The van der Waals surface area contributed by atoms with Crippen LogP contribution in [0.25, 0.3) is 11.0 Å². The van der Waals surface area contributed by atoms with Gasteiger partial charge < -0.3 is 19.1 Å². The Morgan fingerprint density at radius 3 is 2.02 bits per heavy atom. The van der Waals surface area contributed by atoms with Gasteiger partial charge in [0.2, 0.25) is 5.91 Å². The van der Waals surface area contributed by atoms with E-state index < -0.39 is 11.0 Å². The van der Waals surface area contributed by atoms with Crippen molar-refractivity contribution in [2.75, 3.05) is 40.8 Å². The number of benzene rings is 4. The number of hydrogen-bond donors (Lipinski definition) is 0. The van der Waals surface area contributed by atoms with Gasteiger partial charge in [-0.1, -0.05) is 84.9 Å². The van der Waals surface area contributed by atoms with Crippen LogP contribution in [0.4, 0.5) is 4.39 Å². The number of halogens is 1. The second-order valence-electron chi connectivity index (χ2n) is 12.3. The molecule has 1 aliphatic heterocycles. The fraction of sp³-hybridized carbons (Fsp3) is 0.316. The van der Waals surface area contributed by atoms with E-state index in [1.165, 1.54) is 12.1 Å². The normalized spacial score (nSPS) is 15.3. The van der Waals surface area contributed by atoms with Crippen LogP contribution >= 0.6 is 0 Å². The molecule has 0 unspecified atom stereocenters. The molecule has 1 aromatic heterocycles. The van der Waals surface area contributed by atoms with Crippen molar-refractivity contribution in [3.63, 3.8) is 0 Å². The van der Waals surface area contributed by atoms with Gasteiger partial charge >= 0.3 is 0 Å². The molecular weight excluding hydrogens is 563 g/mol. The van der Waals surface area contributed by atoms with Gasteiger partial charge in [0.05, 0.1) is 11.0 Å². The van der Waals surface area contributed by atoms with E-state index in [9.17, 15) is 9.18 Å². The lowest BCUT2D eigenvalue weighted by Gasteiger charge is -2.42. The molecule has 6 nitrogen and oxygen atoms in total. The van der Waals surface area contributed by atoms with Crippen LogP contribution in [0.2, 0.25) is 0 Å². The second kappa shape index (κ2) is 13.0. The Hall–Kier alpha value is -4.33. The zero-order valence-corrected chi connectivity index (χ0v) is 26.3. The van der Waals surface area contributed by atoms with Gasteiger partial charge in [0, 0.05) is 40.8 Å². The number of aromatic nitrogens is 2. The monoisotopic (exact) mass is 604 g/mol. The number of amides is 1. The maximum atomic E-state index is 14.1. The summed E-state index contributed by atoms with van der Waals surface area (Å²) < 4.78 is 22.3. The first kappa shape index (κ1) is 30.7. The van der Waals surface area contributed by atoms with E-state index >= 15 is 0 Å². The molecule has 6 rings (SSSR count). The van der Waals surface area contributed by atoms with Crippen molar-refractivity contribution >= 4 is 16.9 Å². The van der Waals surface area contributed by atoms with E-state index in [0.717, 1.165) is 66.0 Å². The van der Waals surface area contributed by atoms with Gasteiger partial charge in [-0.05, 0) is 66.8 Å². The van der Waals surface area contributed by atoms with Gasteiger partial charge in [-0.15, -0.1) is 0 Å². The van der Waals surface area contributed by atoms with Crippen LogP contribution in [0.1, 0.15) is 41.8 Å². The largest absolute Gasteiger partial charge is 0.370 e. The van der Waals surface area contributed by atoms with E-state index in [1.54, 1.807) is 12.0 Å². The second-order valence-corrected chi connectivity index (χ2v) is 12.3. The third-order valence-electron chi connectivity index (χ3n) is 9.48. The number of ether oxygens (including phenoxy) is 1. The zero-order chi connectivity index (χ0) is 31.4. The average Bonchev–Trinajstić information content (AvgIpc) is 3.46. The first-order chi connectivity index (χ1) is 21.9. The lowest BCUT2D eigenvalue weighted by Crippen LogP contribution is -2.49. The molecule has 0 radical (unpaired) electrons. The number of fused-ring (bicyclic) bond motifs is 1. The molecule has 0 N–H and O–H groups in total. The van der Waals surface area contributed by atoms with Crippen LogP contribution in [-0.2, 0) is 27.1 Å². The van der Waals surface area contributed by atoms with Crippen molar-refractivity contribution in [2.24, 2.45) is 0 Å². The fourth-order valence-electron chi connectivity index (χ4n) is 6.97. The molecule has 0 atom stereocenters. The number of imidazole rings is 1. The van der Waals surface area contributed by atoms with Crippen LogP contribution in [0.15, 0.2) is 109 Å². The zero-order valence-electron chi connectivity index (χ0n) is 26.3. The molecule has 5 aromatic rings. The molecule has 1 amide bonds. The van der Waals surface area contributed by atoms with Crippen LogP contribution in [0.3, 0.4) is 0 Å². The summed E-state index contributed by atoms with van der Waals surface area (Å²) in [6.45, 7) is 2.95. The summed E-state index contributed by atoms with van der Waals surface area (Å²) in [5, 5.41) is 0. The third-order valence-corrected chi connectivity index (χ3v) is 9.48. The van der Waals surface area contributed by atoms with E-state index in [2.05, 4.69) is 39.8 Å². The number of likely N-dealkylation sites (tertiary alicyclic amines) is 1. The van der Waals surface area contributed by atoms with Crippen molar-refractivity contribution < 1.29 is 13.9 Å². The molecule has 0 saturated carbocycles. The van der Waals surface area contributed by atoms with E-state index in [1.807, 2.05) is 80.8 Å². The van der Waals surface area contributed by atoms with Gasteiger partial charge in [0.15, 0.2) is 0 Å². The minimum Gasteiger partial charge on any atom is -0.370 e. The first-order valence-electron chi connectivity index (χ1n) is 15.7. The number of likely N-dealkylation sites (N-methyl/N-ethyl adjacent to an activating group) is 1. The smallest absolute Gasteiger partial charge is 0.237 e. The summed E-state index contributed by atoms with van der Waals surface area (Å²) in [5.74, 6) is 0.740. The van der Waals surface area contributed by atoms with Crippen molar-refractivity contribution in [3.05, 3.63) is 138 Å². The molecule has 0 spiro atoms. The highest BCUT2D eigenvalue weighted by molar-refractivity contribution is 5.92. The highest BCUT2D eigenvalue weighted by Crippen LogP contribution is 2.41. The van der Waals surface area contributed by atoms with Crippen LogP contribution in [0.5, 0.6) is 0 Å². The number of nitrogens with zero attached hydrogens (tertiary/aromatic N) is 4. The summed E-state index contributed by atoms with van der Waals surface area (Å²) >= 11 is 0. The predicted octanol–water partition coefficient (Wildman–Crippen LogP) is 6.63. The molecule has 7 heteroatoms. The highest BCUT2D eigenvalue weighted by atomic mass is 19.1. The average molecular weight is 605 g/mol. The number of carbonyl (C=O) groups excluding carboxylic acids is 1. The number of rotatable bonds is 10. The summed E-state index contributed by atoms with van der Waals surface area (Å²) in [7, 11) is 5.46. The van der Waals surface area contributed by atoms with Crippen LogP contribution in [0, 0.1) is 5.82 Å². The number of para-hydroxylation sites is 2. The fourth-order valence-corrected chi connectivity index (χ4v) is 6.97. The SMILES string of the molecule is COC1(c2nc3ccccc3n2Cc2ccc(F)cc2)CCN(CCC(C(=O)N(C)C)(c2ccccc2)c2ccccc2)CC1. The van der Waals surface area contributed by atoms with E-state index in [0.29, 0.717) is 13.0 Å². The highest BCUT2D eigenvalue weighted by Gasteiger charge is 2.45. The van der Waals surface area contributed by atoms with E-state index in [-0.39, 0.29) is 11.7 Å². The summed E-state index contributed by atoms with van der Waals surface area (Å²) in [6.07, 6.45) is 2.18. The van der Waals surface area contributed by atoms with Gasteiger partial charge in [-0.2, -0.15) is 0 Å². The van der Waals surface area contributed by atoms with Crippen molar-refractivity contribution in [1.29, 1.82) is 0 Å². The molecule has 1 saturated heterocycles. The Labute approximate surface area is 265 Å². The minimum atomic E-state index is -0.801. The van der Waals surface area contributed by atoms with Gasteiger partial charge in [-0.3, -0.25) is 4.79 Å². The molecule has 1 fully saturated rings. The summed E-state index contributed by atoms with van der Waals surface area (Å²) in [4.78, 5) is 23.4. The van der Waals surface area contributed by atoms with Gasteiger partial charge in [0.25, 0.3) is 0 Å². The summed E-state index contributed by atoms with van der Waals surface area (Å²) in [6, 6.07) is 35.2. The Kier molecular flexibility index (Phi) is 8.83. The number of methoxy groups -OCH3 is 1. The van der Waals surface area contributed by atoms with Crippen molar-refractivity contribution in [1.82, 2.24) is 19.4 Å². The topological polar surface area (TPSA) is 50.6 Å². The van der Waals surface area contributed by atoms with Crippen molar-refractivity contribution in [3.8, 4) is 0 Å². The maximum Gasteiger partial charge on any atom is 0.237 e. The quantitative estimate of drug-likeness (QED) is 0.180. The Morgan fingerprint density at radius 1 is 0.867 bits per heavy atom. The molecule has 232 valence electrons. The maximum absolute atomic E-state index is 14.1. The Bertz CT molecular complexity index is 1690. The van der Waals surface area contributed by atoms with Gasteiger partial charge in [0.1, 0.15) is 22.7 Å². The van der Waals surface area contributed by atoms with Gasteiger partial charge in [-0.25, -0.2) is 9.37 Å². The minimum absolute atomic E-state index is 0.0812. The molecule has 2 heterocycles. The number of carbonyl (C=O) groups is 1. The Balaban J connectivity index is 1.28. The number of piperidine rings is 1. The molecular formula is C38H41FN4O2. The molecule has 0 bridgehead atoms. The first-order valence-corrected chi connectivity index (χ1v) is 15.7. The lowest BCUT2D eigenvalue weighted by molar-refractivity contribution is -0.134. The molecule has 1 aliphatic rings. The Morgan fingerprint density at radius 2 is 1.44 bits per heavy atom. The standard InChI is InChI=1S/C38H41FN4O2/c1-41(2)36(44)38(30-12-6-4-7-13-30,31-14-8-5-9-15-31)24-27-42-25-22-37(45-3,23-26-42)35-40-33-16-10-11-17-34(33)43(35)28-29-18-20-32(39)21-19-29/h4-21H,22-28H2,1-3H3. The predicted molar refractivity (Wildman–Crippen MR) is 177 cm³/mol. The van der Waals surface area contributed by atoms with Crippen molar-refractivity contribution in [2.45, 2.75) is 36.8 Å². The third kappa shape index (κ3) is 5.90. The number of hydrogen-bond acceptors (Lipinski definition) is 4. The molecule has 0 aliphatic carbocycles.